The van der Waals surface area contributed by atoms with Crippen LogP contribution in [0.5, 0.6) is 0 Å². The summed E-state index contributed by atoms with van der Waals surface area (Å²) in [5.74, 6) is 0. The van der Waals surface area contributed by atoms with Gasteiger partial charge in [-0.25, -0.2) is 17.9 Å². The van der Waals surface area contributed by atoms with Gasteiger partial charge in [0.2, 0.25) is 10.0 Å². The van der Waals surface area contributed by atoms with Gasteiger partial charge < -0.3 is 10.2 Å². The molecular formula is C22H25N5O3S. The molecule has 0 atom stereocenters. The summed E-state index contributed by atoms with van der Waals surface area (Å²) in [6.45, 7) is 3.51. The Labute approximate surface area is 182 Å². The minimum atomic E-state index is -3.54. The predicted molar refractivity (Wildman–Crippen MR) is 117 cm³/mol. The van der Waals surface area contributed by atoms with Crippen LogP contribution < -0.4 is 5.32 Å². The highest BCUT2D eigenvalue weighted by Crippen LogP contribution is 2.18. The van der Waals surface area contributed by atoms with Gasteiger partial charge >= 0.3 is 6.03 Å². The number of nitrogens with zero attached hydrogens (tertiary/aromatic N) is 4. The standard InChI is InChI=1S/C22H25N5O3S/c1-18-7-9-21(10-8-18)31(29,30)26-13-11-25(12-14-26)22(28)23-15-19-16-24-27(17-19)20-5-3-2-4-6-20/h2-10,16-17H,11-15H2,1H3,(H,23,28). The van der Waals surface area contributed by atoms with Crippen LogP contribution >= 0.6 is 0 Å². The highest BCUT2D eigenvalue weighted by atomic mass is 32.2. The second-order valence-electron chi connectivity index (χ2n) is 7.49. The lowest BCUT2D eigenvalue weighted by Gasteiger charge is -2.34. The number of benzene rings is 2. The first kappa shape index (κ1) is 21.1. The van der Waals surface area contributed by atoms with Gasteiger partial charge in [0, 0.05) is 44.5 Å². The third-order valence-corrected chi connectivity index (χ3v) is 7.20. The van der Waals surface area contributed by atoms with Crippen molar-refractivity contribution in [3.05, 3.63) is 78.1 Å². The zero-order valence-corrected chi connectivity index (χ0v) is 18.1. The van der Waals surface area contributed by atoms with Gasteiger partial charge in [0.05, 0.1) is 16.8 Å². The van der Waals surface area contributed by atoms with Crippen molar-refractivity contribution in [3.8, 4) is 5.69 Å². The molecule has 2 aromatic carbocycles. The molecule has 162 valence electrons. The maximum absolute atomic E-state index is 12.8. The largest absolute Gasteiger partial charge is 0.334 e. The van der Waals surface area contributed by atoms with Crippen LogP contribution in [0.2, 0.25) is 0 Å². The van der Waals surface area contributed by atoms with E-state index in [9.17, 15) is 13.2 Å². The normalized spacial score (nSPS) is 15.1. The number of carbonyl (C=O) groups excluding carboxylic acids is 1. The number of piperazine rings is 1. The lowest BCUT2D eigenvalue weighted by molar-refractivity contribution is 0.172. The average molecular weight is 440 g/mol. The van der Waals surface area contributed by atoms with E-state index in [0.29, 0.717) is 19.6 Å². The fourth-order valence-electron chi connectivity index (χ4n) is 3.45. The Hall–Kier alpha value is -3.17. The molecule has 31 heavy (non-hydrogen) atoms. The Balaban J connectivity index is 1.30. The highest BCUT2D eigenvalue weighted by molar-refractivity contribution is 7.89. The van der Waals surface area contributed by atoms with Crippen LogP contribution in [-0.2, 0) is 16.6 Å². The molecule has 1 aliphatic rings. The van der Waals surface area contributed by atoms with Crippen molar-refractivity contribution in [2.75, 3.05) is 26.2 Å². The average Bonchev–Trinajstić information content (AvgIpc) is 3.27. The monoisotopic (exact) mass is 439 g/mol. The molecule has 0 bridgehead atoms. The molecular weight excluding hydrogens is 414 g/mol. The van der Waals surface area contributed by atoms with Gasteiger partial charge in [-0.1, -0.05) is 35.9 Å². The van der Waals surface area contributed by atoms with Crippen LogP contribution in [0.1, 0.15) is 11.1 Å². The molecule has 2 amide bonds. The summed E-state index contributed by atoms with van der Waals surface area (Å²) in [4.78, 5) is 14.5. The van der Waals surface area contributed by atoms with Crippen molar-refractivity contribution in [1.29, 1.82) is 0 Å². The number of sulfonamides is 1. The Morgan fingerprint density at radius 1 is 1.00 bits per heavy atom. The van der Waals surface area contributed by atoms with Crippen molar-refractivity contribution in [2.45, 2.75) is 18.4 Å². The SMILES string of the molecule is Cc1ccc(S(=O)(=O)N2CCN(C(=O)NCc3cnn(-c4ccccc4)c3)CC2)cc1. The van der Waals surface area contributed by atoms with E-state index < -0.39 is 10.0 Å². The third kappa shape index (κ3) is 4.78. The van der Waals surface area contributed by atoms with E-state index in [1.165, 1.54) is 4.31 Å². The smallest absolute Gasteiger partial charge is 0.317 e. The Morgan fingerprint density at radius 2 is 1.68 bits per heavy atom. The lowest BCUT2D eigenvalue weighted by Crippen LogP contribution is -2.52. The topological polar surface area (TPSA) is 87.5 Å². The van der Waals surface area contributed by atoms with Gasteiger partial charge in [-0.3, -0.25) is 0 Å². The van der Waals surface area contributed by atoms with Crippen LogP contribution in [0.4, 0.5) is 4.79 Å². The molecule has 1 aliphatic heterocycles. The zero-order valence-electron chi connectivity index (χ0n) is 17.3. The number of urea groups is 1. The third-order valence-electron chi connectivity index (χ3n) is 5.29. The second kappa shape index (κ2) is 8.91. The summed E-state index contributed by atoms with van der Waals surface area (Å²) >= 11 is 0. The fraction of sp³-hybridized carbons (Fsp3) is 0.273. The van der Waals surface area contributed by atoms with Crippen LogP contribution in [0.3, 0.4) is 0 Å². The molecule has 3 aromatic rings. The van der Waals surface area contributed by atoms with Crippen LogP contribution in [0.15, 0.2) is 71.9 Å². The molecule has 0 saturated carbocycles. The first-order valence-electron chi connectivity index (χ1n) is 10.1. The van der Waals surface area contributed by atoms with Gasteiger partial charge in [0.1, 0.15) is 0 Å². The van der Waals surface area contributed by atoms with Crippen molar-refractivity contribution in [1.82, 2.24) is 24.3 Å². The number of aromatic nitrogens is 2. The molecule has 0 unspecified atom stereocenters. The molecule has 8 nitrogen and oxygen atoms in total. The first-order chi connectivity index (χ1) is 14.9. The molecule has 1 aromatic heterocycles. The predicted octanol–water partition coefficient (Wildman–Crippen LogP) is 2.40. The van der Waals surface area contributed by atoms with E-state index >= 15 is 0 Å². The number of nitrogens with one attached hydrogen (secondary N) is 1. The number of hydrogen-bond donors (Lipinski definition) is 1. The van der Waals surface area contributed by atoms with Crippen LogP contribution in [0, 0.1) is 6.92 Å². The molecule has 0 radical (unpaired) electrons. The Morgan fingerprint density at radius 3 is 2.35 bits per heavy atom. The summed E-state index contributed by atoms with van der Waals surface area (Å²) in [5.41, 5.74) is 2.85. The summed E-state index contributed by atoms with van der Waals surface area (Å²) in [7, 11) is -3.54. The van der Waals surface area contributed by atoms with Crippen molar-refractivity contribution < 1.29 is 13.2 Å². The lowest BCUT2D eigenvalue weighted by atomic mass is 10.2. The Bertz CT molecular complexity index is 1140. The van der Waals surface area contributed by atoms with E-state index in [-0.39, 0.29) is 24.0 Å². The van der Waals surface area contributed by atoms with Gasteiger partial charge in [-0.15, -0.1) is 0 Å². The highest BCUT2D eigenvalue weighted by Gasteiger charge is 2.30. The maximum atomic E-state index is 12.8. The fourth-order valence-corrected chi connectivity index (χ4v) is 4.88. The van der Waals surface area contributed by atoms with Crippen molar-refractivity contribution in [2.24, 2.45) is 0 Å². The quantitative estimate of drug-likeness (QED) is 0.661. The molecule has 0 aliphatic carbocycles. The van der Waals surface area contributed by atoms with Gasteiger partial charge in [0.15, 0.2) is 0 Å². The van der Waals surface area contributed by atoms with Gasteiger partial charge in [-0.2, -0.15) is 9.40 Å². The van der Waals surface area contributed by atoms with E-state index in [4.69, 9.17) is 0 Å². The Kier molecular flexibility index (Phi) is 6.06. The van der Waals surface area contributed by atoms with Gasteiger partial charge in [0.25, 0.3) is 0 Å². The maximum Gasteiger partial charge on any atom is 0.317 e. The summed E-state index contributed by atoms with van der Waals surface area (Å²) in [5, 5.41) is 7.22. The minimum absolute atomic E-state index is 0.208. The summed E-state index contributed by atoms with van der Waals surface area (Å²) in [6.07, 6.45) is 3.60. The molecule has 0 spiro atoms. The number of amides is 2. The summed E-state index contributed by atoms with van der Waals surface area (Å²) in [6, 6.07) is 16.4. The number of hydrogen-bond acceptors (Lipinski definition) is 4. The van der Waals surface area contributed by atoms with Gasteiger partial charge in [-0.05, 0) is 31.2 Å². The second-order valence-corrected chi connectivity index (χ2v) is 9.43. The zero-order chi connectivity index (χ0) is 21.8. The molecule has 2 heterocycles. The van der Waals surface area contributed by atoms with Crippen LogP contribution in [0.25, 0.3) is 5.69 Å². The molecule has 1 saturated heterocycles. The van der Waals surface area contributed by atoms with E-state index in [2.05, 4.69) is 10.4 Å². The molecule has 1 fully saturated rings. The number of para-hydroxylation sites is 1. The minimum Gasteiger partial charge on any atom is -0.334 e. The summed E-state index contributed by atoms with van der Waals surface area (Å²) < 4.78 is 28.8. The molecule has 9 heteroatoms. The first-order valence-corrected chi connectivity index (χ1v) is 11.6. The number of aryl methyl sites for hydroxylation is 1. The molecule has 4 rings (SSSR count). The number of carbonyl (C=O) groups is 1. The van der Waals surface area contributed by atoms with E-state index in [0.717, 1.165) is 16.8 Å². The van der Waals surface area contributed by atoms with E-state index in [1.807, 2.05) is 43.5 Å². The van der Waals surface area contributed by atoms with Crippen molar-refractivity contribution in [3.63, 3.8) is 0 Å². The van der Waals surface area contributed by atoms with Crippen LogP contribution in [-0.4, -0.2) is 59.6 Å². The number of rotatable bonds is 5. The van der Waals surface area contributed by atoms with E-state index in [1.54, 1.807) is 40.0 Å². The molecule has 1 N–H and O–H groups in total. The van der Waals surface area contributed by atoms with Crippen molar-refractivity contribution >= 4 is 16.1 Å².